The second-order valence-electron chi connectivity index (χ2n) is 5.20. The SMILES string of the molecule is COc1cnn(C(C)C)c1C(O)C1CSCCN1C. The Morgan fingerprint density at radius 2 is 2.26 bits per heavy atom. The standard InChI is InChI=1S/C13H23N3O2S/c1-9(2)16-12(11(18-4)7-14-16)13(17)10-8-19-6-5-15(10)3/h7,9-10,13,17H,5-6,8H2,1-4H3. The maximum Gasteiger partial charge on any atom is 0.162 e. The molecule has 0 saturated carbocycles. The summed E-state index contributed by atoms with van der Waals surface area (Å²) in [5.74, 6) is 2.73. The first-order chi connectivity index (χ1) is 9.06. The quantitative estimate of drug-likeness (QED) is 0.909. The average molecular weight is 285 g/mol. The Hall–Kier alpha value is -0.720. The molecule has 1 saturated heterocycles. The van der Waals surface area contributed by atoms with E-state index in [9.17, 15) is 5.11 Å². The van der Waals surface area contributed by atoms with Gasteiger partial charge in [0.2, 0.25) is 0 Å². The number of methoxy groups -OCH3 is 1. The molecular formula is C13H23N3O2S. The molecule has 2 heterocycles. The maximum atomic E-state index is 10.8. The molecule has 2 atom stereocenters. The van der Waals surface area contributed by atoms with Crippen LogP contribution in [-0.2, 0) is 0 Å². The van der Waals surface area contributed by atoms with Crippen LogP contribution in [0.25, 0.3) is 0 Å². The molecule has 1 aromatic heterocycles. The van der Waals surface area contributed by atoms with Gasteiger partial charge in [-0.25, -0.2) is 0 Å². The van der Waals surface area contributed by atoms with E-state index in [0.29, 0.717) is 5.75 Å². The summed E-state index contributed by atoms with van der Waals surface area (Å²) in [4.78, 5) is 2.22. The lowest BCUT2D eigenvalue weighted by molar-refractivity contribution is 0.0658. The minimum atomic E-state index is -0.572. The van der Waals surface area contributed by atoms with E-state index in [1.54, 1.807) is 13.3 Å². The predicted molar refractivity (Wildman–Crippen MR) is 77.9 cm³/mol. The van der Waals surface area contributed by atoms with Crippen LogP contribution in [0.15, 0.2) is 6.20 Å². The Labute approximate surface area is 118 Å². The van der Waals surface area contributed by atoms with E-state index in [2.05, 4.69) is 30.9 Å². The molecule has 0 amide bonds. The summed E-state index contributed by atoms with van der Waals surface area (Å²) in [7, 11) is 3.69. The van der Waals surface area contributed by atoms with Crippen molar-refractivity contribution < 1.29 is 9.84 Å². The summed E-state index contributed by atoms with van der Waals surface area (Å²) in [5, 5.41) is 15.1. The van der Waals surface area contributed by atoms with Crippen LogP contribution in [0.4, 0.5) is 0 Å². The van der Waals surface area contributed by atoms with Crippen molar-refractivity contribution in [1.29, 1.82) is 0 Å². The lowest BCUT2D eigenvalue weighted by atomic mass is 10.1. The lowest BCUT2D eigenvalue weighted by Gasteiger charge is -2.35. The number of aliphatic hydroxyl groups is 1. The highest BCUT2D eigenvalue weighted by Crippen LogP contribution is 2.33. The minimum Gasteiger partial charge on any atom is -0.493 e. The highest BCUT2D eigenvalue weighted by molar-refractivity contribution is 7.99. The molecule has 1 aliphatic heterocycles. The topological polar surface area (TPSA) is 50.5 Å². The predicted octanol–water partition coefficient (Wildman–Crippen LogP) is 1.55. The fraction of sp³-hybridized carbons (Fsp3) is 0.769. The van der Waals surface area contributed by atoms with Crippen LogP contribution in [0.1, 0.15) is 31.7 Å². The van der Waals surface area contributed by atoms with Crippen molar-refractivity contribution in [3.63, 3.8) is 0 Å². The second kappa shape index (κ2) is 6.15. The number of hydrogen-bond donors (Lipinski definition) is 1. The van der Waals surface area contributed by atoms with Gasteiger partial charge in [-0.15, -0.1) is 0 Å². The van der Waals surface area contributed by atoms with Crippen LogP contribution >= 0.6 is 11.8 Å². The zero-order valence-electron chi connectivity index (χ0n) is 12.0. The number of hydrogen-bond acceptors (Lipinski definition) is 5. The molecule has 0 aliphatic carbocycles. The fourth-order valence-electron chi connectivity index (χ4n) is 2.43. The summed E-state index contributed by atoms with van der Waals surface area (Å²) in [5.41, 5.74) is 0.789. The van der Waals surface area contributed by atoms with Gasteiger partial charge in [-0.1, -0.05) is 0 Å². The highest BCUT2D eigenvalue weighted by atomic mass is 32.2. The van der Waals surface area contributed by atoms with E-state index >= 15 is 0 Å². The number of ether oxygens (including phenoxy) is 1. The number of aliphatic hydroxyl groups excluding tert-OH is 1. The Kier molecular flexibility index (Phi) is 4.76. The van der Waals surface area contributed by atoms with Crippen LogP contribution in [-0.4, -0.2) is 58.0 Å². The van der Waals surface area contributed by atoms with Crippen molar-refractivity contribution in [1.82, 2.24) is 14.7 Å². The molecule has 0 bridgehead atoms. The van der Waals surface area contributed by atoms with Crippen LogP contribution in [0.5, 0.6) is 5.75 Å². The highest BCUT2D eigenvalue weighted by Gasteiger charge is 2.32. The summed E-state index contributed by atoms with van der Waals surface area (Å²) >= 11 is 1.89. The van der Waals surface area contributed by atoms with Crippen molar-refractivity contribution in [2.45, 2.75) is 32.0 Å². The largest absolute Gasteiger partial charge is 0.493 e. The van der Waals surface area contributed by atoms with E-state index in [-0.39, 0.29) is 12.1 Å². The molecule has 2 rings (SSSR count). The first-order valence-electron chi connectivity index (χ1n) is 6.63. The molecule has 19 heavy (non-hydrogen) atoms. The fourth-order valence-corrected chi connectivity index (χ4v) is 3.69. The molecule has 0 spiro atoms. The molecule has 1 fully saturated rings. The summed E-state index contributed by atoms with van der Waals surface area (Å²) < 4.78 is 7.21. The molecule has 108 valence electrons. The zero-order chi connectivity index (χ0) is 14.0. The van der Waals surface area contributed by atoms with Crippen LogP contribution in [0, 0.1) is 0 Å². The first-order valence-corrected chi connectivity index (χ1v) is 7.79. The maximum absolute atomic E-state index is 10.8. The Bertz CT molecular complexity index is 422. The molecule has 1 N–H and O–H groups in total. The first kappa shape index (κ1) is 14.7. The van der Waals surface area contributed by atoms with Gasteiger partial charge in [0.1, 0.15) is 11.8 Å². The van der Waals surface area contributed by atoms with Crippen molar-refractivity contribution in [2.75, 3.05) is 32.2 Å². The Balaban J connectivity index is 2.30. The van der Waals surface area contributed by atoms with Crippen LogP contribution < -0.4 is 4.74 Å². The van der Waals surface area contributed by atoms with Gasteiger partial charge in [-0.05, 0) is 20.9 Å². The van der Waals surface area contributed by atoms with Gasteiger partial charge in [-0.3, -0.25) is 9.58 Å². The van der Waals surface area contributed by atoms with Crippen molar-refractivity contribution in [2.24, 2.45) is 0 Å². The van der Waals surface area contributed by atoms with E-state index < -0.39 is 6.10 Å². The second-order valence-corrected chi connectivity index (χ2v) is 6.35. The van der Waals surface area contributed by atoms with Gasteiger partial charge in [0.15, 0.2) is 5.75 Å². The zero-order valence-corrected chi connectivity index (χ0v) is 12.9. The molecule has 2 unspecified atom stereocenters. The van der Waals surface area contributed by atoms with Crippen molar-refractivity contribution in [3.8, 4) is 5.75 Å². The van der Waals surface area contributed by atoms with E-state index in [4.69, 9.17) is 4.74 Å². The molecule has 1 aliphatic rings. The summed E-state index contributed by atoms with van der Waals surface area (Å²) in [6.07, 6.45) is 1.12. The van der Waals surface area contributed by atoms with E-state index in [1.165, 1.54) is 0 Å². The van der Waals surface area contributed by atoms with Gasteiger partial charge in [0, 0.05) is 24.1 Å². The van der Waals surface area contributed by atoms with Gasteiger partial charge < -0.3 is 9.84 Å². The third-order valence-corrected chi connectivity index (χ3v) is 4.64. The van der Waals surface area contributed by atoms with Gasteiger partial charge >= 0.3 is 0 Å². The van der Waals surface area contributed by atoms with Gasteiger partial charge in [0.05, 0.1) is 19.3 Å². The monoisotopic (exact) mass is 285 g/mol. The molecular weight excluding hydrogens is 262 g/mol. The molecule has 0 aromatic carbocycles. The minimum absolute atomic E-state index is 0.113. The molecule has 6 heteroatoms. The molecule has 1 aromatic rings. The van der Waals surface area contributed by atoms with E-state index in [1.807, 2.05) is 16.4 Å². The Morgan fingerprint density at radius 3 is 2.84 bits per heavy atom. The number of aromatic nitrogens is 2. The number of thioether (sulfide) groups is 1. The van der Waals surface area contributed by atoms with Gasteiger partial charge in [-0.2, -0.15) is 16.9 Å². The third-order valence-electron chi connectivity index (χ3n) is 3.60. The van der Waals surface area contributed by atoms with Crippen molar-refractivity contribution >= 4 is 11.8 Å². The summed E-state index contributed by atoms with van der Waals surface area (Å²) in [6.45, 7) is 5.12. The summed E-state index contributed by atoms with van der Waals surface area (Å²) in [6, 6.07) is 0.317. The lowest BCUT2D eigenvalue weighted by Crippen LogP contribution is -2.44. The number of rotatable bonds is 4. The van der Waals surface area contributed by atoms with Crippen LogP contribution in [0.3, 0.4) is 0 Å². The number of nitrogens with zero attached hydrogens (tertiary/aromatic N) is 3. The van der Waals surface area contributed by atoms with Gasteiger partial charge in [0.25, 0.3) is 0 Å². The smallest absolute Gasteiger partial charge is 0.162 e. The van der Waals surface area contributed by atoms with E-state index in [0.717, 1.165) is 23.7 Å². The molecule has 5 nitrogen and oxygen atoms in total. The number of likely N-dealkylation sites (N-methyl/N-ethyl adjacent to an activating group) is 1. The van der Waals surface area contributed by atoms with Crippen molar-refractivity contribution in [3.05, 3.63) is 11.9 Å². The third kappa shape index (κ3) is 2.90. The Morgan fingerprint density at radius 1 is 1.53 bits per heavy atom. The average Bonchev–Trinajstić information content (AvgIpc) is 2.82. The normalized spacial score (nSPS) is 22.7. The van der Waals surface area contributed by atoms with Crippen LogP contribution in [0.2, 0.25) is 0 Å². The molecule has 0 radical (unpaired) electrons.